The Balaban J connectivity index is 1.38. The number of amides is 1. The van der Waals surface area contributed by atoms with Gasteiger partial charge < -0.3 is 19.2 Å². The minimum atomic E-state index is -0.139. The molecule has 1 N–H and O–H groups in total. The van der Waals surface area contributed by atoms with Crippen molar-refractivity contribution in [1.82, 2.24) is 15.5 Å². The second-order valence-corrected chi connectivity index (χ2v) is 9.06. The first kappa shape index (κ1) is 20.7. The number of carbonyl (C=O) groups is 1. The van der Waals surface area contributed by atoms with E-state index in [1.165, 1.54) is 23.1 Å². The second kappa shape index (κ2) is 9.53. The molecule has 3 aromatic rings. The molecular formula is C21H23N3O4S2. The van der Waals surface area contributed by atoms with Gasteiger partial charge in [-0.25, -0.2) is 0 Å². The molecule has 0 bridgehead atoms. The van der Waals surface area contributed by atoms with E-state index in [2.05, 4.69) is 29.4 Å². The lowest BCUT2D eigenvalue weighted by molar-refractivity contribution is -0.119. The van der Waals surface area contributed by atoms with Crippen molar-refractivity contribution in [2.24, 2.45) is 5.92 Å². The predicted octanol–water partition coefficient (Wildman–Crippen LogP) is 4.57. The normalized spacial score (nSPS) is 14.4. The van der Waals surface area contributed by atoms with Crippen molar-refractivity contribution in [3.63, 3.8) is 0 Å². The number of benzene rings is 1. The number of hydrogen-bond acceptors (Lipinski definition) is 8. The van der Waals surface area contributed by atoms with Crippen molar-refractivity contribution in [3.8, 4) is 22.3 Å². The van der Waals surface area contributed by atoms with Crippen molar-refractivity contribution in [2.75, 3.05) is 19.0 Å². The van der Waals surface area contributed by atoms with Gasteiger partial charge in [0.15, 0.2) is 11.5 Å². The monoisotopic (exact) mass is 445 g/mol. The summed E-state index contributed by atoms with van der Waals surface area (Å²) in [5.41, 5.74) is 0.991. The van der Waals surface area contributed by atoms with Gasteiger partial charge in [-0.3, -0.25) is 4.79 Å². The molecule has 0 fully saturated rings. The van der Waals surface area contributed by atoms with Crippen LogP contribution in [-0.2, 0) is 4.79 Å². The van der Waals surface area contributed by atoms with Crippen molar-refractivity contribution >= 4 is 29.0 Å². The molecule has 0 aliphatic carbocycles. The summed E-state index contributed by atoms with van der Waals surface area (Å²) in [6, 6.07) is 9.56. The molecule has 0 saturated heterocycles. The number of rotatable bonds is 7. The fourth-order valence-electron chi connectivity index (χ4n) is 3.12. The summed E-state index contributed by atoms with van der Waals surface area (Å²) in [5.74, 6) is 2.25. The molecule has 0 saturated carbocycles. The number of carbonyl (C=O) groups excluding carboxylic acids is 1. The topological polar surface area (TPSA) is 86.5 Å². The molecule has 1 aliphatic rings. The van der Waals surface area contributed by atoms with Gasteiger partial charge in [0.2, 0.25) is 5.91 Å². The average Bonchev–Trinajstić information content (AvgIpc) is 3.38. The van der Waals surface area contributed by atoms with Crippen LogP contribution in [-0.4, -0.2) is 35.1 Å². The molecule has 4 rings (SSSR count). The maximum absolute atomic E-state index is 12.6. The number of thiophene rings is 1. The highest BCUT2D eigenvalue weighted by Crippen LogP contribution is 2.34. The number of thioether (sulfide) groups is 1. The van der Waals surface area contributed by atoms with Crippen molar-refractivity contribution in [3.05, 3.63) is 41.3 Å². The van der Waals surface area contributed by atoms with Gasteiger partial charge >= 0.3 is 0 Å². The number of hydrogen-bond donors (Lipinski definition) is 1. The van der Waals surface area contributed by atoms with Gasteiger partial charge in [-0.05, 0) is 35.1 Å². The molecule has 7 nitrogen and oxygen atoms in total. The Labute approximate surface area is 183 Å². The zero-order valence-electron chi connectivity index (χ0n) is 16.8. The number of ether oxygens (including phenoxy) is 2. The number of nitrogens with zero attached hydrogens (tertiary/aromatic N) is 2. The van der Waals surface area contributed by atoms with E-state index in [1.54, 1.807) is 0 Å². The smallest absolute Gasteiger partial charge is 0.277 e. The second-order valence-electron chi connectivity index (χ2n) is 7.18. The molecule has 30 heavy (non-hydrogen) atoms. The molecule has 3 heterocycles. The van der Waals surface area contributed by atoms with Crippen LogP contribution in [0.4, 0.5) is 0 Å². The molecule has 1 unspecified atom stereocenters. The molecule has 0 radical (unpaired) electrons. The SMILES string of the molecule is CC(C)C(NC(=O)CSc1nnc(-c2cccs2)o1)c1ccc2c(c1)OCCCO2. The molecule has 1 aromatic carbocycles. The van der Waals surface area contributed by atoms with Crippen LogP contribution in [0.15, 0.2) is 45.4 Å². The largest absolute Gasteiger partial charge is 0.490 e. The molecular weight excluding hydrogens is 422 g/mol. The highest BCUT2D eigenvalue weighted by atomic mass is 32.2. The minimum absolute atomic E-state index is 0.0957. The Morgan fingerprint density at radius 2 is 2.03 bits per heavy atom. The van der Waals surface area contributed by atoms with E-state index in [9.17, 15) is 4.79 Å². The Kier molecular flexibility index (Phi) is 6.59. The van der Waals surface area contributed by atoms with Crippen LogP contribution >= 0.6 is 23.1 Å². The van der Waals surface area contributed by atoms with Crippen LogP contribution in [0.5, 0.6) is 11.5 Å². The summed E-state index contributed by atoms with van der Waals surface area (Å²) in [6.07, 6.45) is 0.857. The van der Waals surface area contributed by atoms with Gasteiger partial charge in [0.05, 0.1) is 29.9 Å². The summed E-state index contributed by atoms with van der Waals surface area (Å²) in [5, 5.41) is 13.5. The third-order valence-electron chi connectivity index (χ3n) is 4.58. The van der Waals surface area contributed by atoms with Crippen LogP contribution in [0.3, 0.4) is 0 Å². The van der Waals surface area contributed by atoms with Gasteiger partial charge in [0, 0.05) is 6.42 Å². The Bertz CT molecular complexity index is 988. The fraction of sp³-hybridized carbons (Fsp3) is 0.381. The van der Waals surface area contributed by atoms with E-state index >= 15 is 0 Å². The molecule has 9 heteroatoms. The summed E-state index contributed by atoms with van der Waals surface area (Å²) < 4.78 is 17.1. The van der Waals surface area contributed by atoms with Gasteiger partial charge in [0.25, 0.3) is 11.1 Å². The zero-order chi connectivity index (χ0) is 20.9. The Morgan fingerprint density at radius 1 is 1.20 bits per heavy atom. The zero-order valence-corrected chi connectivity index (χ0v) is 18.4. The van der Waals surface area contributed by atoms with E-state index < -0.39 is 0 Å². The maximum atomic E-state index is 12.6. The third kappa shape index (κ3) is 4.96. The van der Waals surface area contributed by atoms with Crippen LogP contribution in [0.2, 0.25) is 0 Å². The van der Waals surface area contributed by atoms with Gasteiger partial charge in [-0.1, -0.05) is 37.7 Å². The van der Waals surface area contributed by atoms with E-state index in [4.69, 9.17) is 13.9 Å². The average molecular weight is 446 g/mol. The fourth-order valence-corrected chi connectivity index (χ4v) is 4.34. The molecule has 1 atom stereocenters. The number of fused-ring (bicyclic) bond motifs is 1. The van der Waals surface area contributed by atoms with E-state index in [-0.39, 0.29) is 23.6 Å². The molecule has 2 aromatic heterocycles. The Morgan fingerprint density at radius 3 is 2.80 bits per heavy atom. The molecule has 0 spiro atoms. The van der Waals surface area contributed by atoms with Crippen LogP contribution in [0.1, 0.15) is 31.9 Å². The summed E-state index contributed by atoms with van der Waals surface area (Å²) >= 11 is 2.76. The number of aromatic nitrogens is 2. The van der Waals surface area contributed by atoms with Crippen molar-refractivity contribution in [1.29, 1.82) is 0 Å². The predicted molar refractivity (Wildman–Crippen MR) is 116 cm³/mol. The summed E-state index contributed by atoms with van der Waals surface area (Å²) in [4.78, 5) is 13.5. The summed E-state index contributed by atoms with van der Waals surface area (Å²) in [7, 11) is 0. The lowest BCUT2D eigenvalue weighted by atomic mass is 9.95. The van der Waals surface area contributed by atoms with Gasteiger partial charge in [-0.15, -0.1) is 21.5 Å². The van der Waals surface area contributed by atoms with Crippen LogP contribution in [0.25, 0.3) is 10.8 Å². The number of nitrogens with one attached hydrogen (secondary N) is 1. The highest BCUT2D eigenvalue weighted by Gasteiger charge is 2.22. The molecule has 158 valence electrons. The first-order chi connectivity index (χ1) is 14.6. The van der Waals surface area contributed by atoms with E-state index in [0.717, 1.165) is 28.4 Å². The lowest BCUT2D eigenvalue weighted by Crippen LogP contribution is -2.33. The quantitative estimate of drug-likeness (QED) is 0.533. The Hall–Kier alpha value is -2.52. The first-order valence-electron chi connectivity index (χ1n) is 9.79. The van der Waals surface area contributed by atoms with Crippen LogP contribution < -0.4 is 14.8 Å². The third-order valence-corrected chi connectivity index (χ3v) is 6.26. The van der Waals surface area contributed by atoms with Crippen molar-refractivity contribution in [2.45, 2.75) is 31.5 Å². The van der Waals surface area contributed by atoms with Crippen LogP contribution in [0, 0.1) is 5.92 Å². The van der Waals surface area contributed by atoms with Gasteiger partial charge in [-0.2, -0.15) is 0 Å². The highest BCUT2D eigenvalue weighted by molar-refractivity contribution is 7.99. The van der Waals surface area contributed by atoms with Crippen molar-refractivity contribution < 1.29 is 18.7 Å². The standard InChI is InChI=1S/C21H23N3O4S2/c1-13(2)19(14-6-7-15-16(11-14)27-9-4-8-26-15)22-18(25)12-30-21-24-23-20(28-21)17-5-3-10-29-17/h3,5-7,10-11,13,19H,4,8-9,12H2,1-2H3,(H,22,25). The van der Waals surface area contributed by atoms with E-state index in [0.29, 0.717) is 24.3 Å². The minimum Gasteiger partial charge on any atom is -0.490 e. The maximum Gasteiger partial charge on any atom is 0.277 e. The van der Waals surface area contributed by atoms with E-state index in [1.807, 2.05) is 35.7 Å². The molecule has 1 aliphatic heterocycles. The molecule has 1 amide bonds. The lowest BCUT2D eigenvalue weighted by Gasteiger charge is -2.23. The van der Waals surface area contributed by atoms with Gasteiger partial charge in [0.1, 0.15) is 0 Å². The summed E-state index contributed by atoms with van der Waals surface area (Å²) in [6.45, 7) is 5.43. The first-order valence-corrected chi connectivity index (χ1v) is 11.7.